The number of rotatable bonds is 6. The average Bonchev–Trinajstić information content (AvgIpc) is 3.24. The van der Waals surface area contributed by atoms with Crippen LogP contribution in [-0.2, 0) is 6.54 Å². The normalized spacial score (nSPS) is 14.7. The minimum Gasteiger partial charge on any atom is -0.493 e. The van der Waals surface area contributed by atoms with Crippen LogP contribution < -0.4 is 15.0 Å². The SMILES string of the molecule is COc1cc(/C=C2\CCn3c2nc2sc(C)c(C)c2c3=O)ccc1OCCC(C)C. The Morgan fingerprint density at radius 2 is 2.07 bits per heavy atom. The molecule has 0 bridgehead atoms. The fourth-order valence-electron chi connectivity index (χ4n) is 3.76. The molecule has 5 nitrogen and oxygen atoms in total. The van der Waals surface area contributed by atoms with Gasteiger partial charge < -0.3 is 9.47 Å². The minimum atomic E-state index is 0.0757. The highest BCUT2D eigenvalue weighted by Gasteiger charge is 2.23. The topological polar surface area (TPSA) is 53.4 Å². The van der Waals surface area contributed by atoms with Gasteiger partial charge in [-0.15, -0.1) is 11.3 Å². The highest BCUT2D eigenvalue weighted by atomic mass is 32.1. The van der Waals surface area contributed by atoms with Crippen molar-refractivity contribution >= 4 is 33.2 Å². The first-order chi connectivity index (χ1) is 14.4. The van der Waals surface area contributed by atoms with Crippen molar-refractivity contribution in [1.29, 1.82) is 0 Å². The van der Waals surface area contributed by atoms with E-state index in [9.17, 15) is 4.79 Å². The molecule has 2 aromatic heterocycles. The second-order valence-corrected chi connectivity index (χ2v) is 9.42. The zero-order chi connectivity index (χ0) is 21.4. The van der Waals surface area contributed by atoms with Crippen LogP contribution in [0.5, 0.6) is 11.5 Å². The van der Waals surface area contributed by atoms with Gasteiger partial charge in [0.2, 0.25) is 0 Å². The van der Waals surface area contributed by atoms with Crippen LogP contribution in [-0.4, -0.2) is 23.3 Å². The lowest BCUT2D eigenvalue weighted by Crippen LogP contribution is -2.20. The molecule has 4 rings (SSSR count). The highest BCUT2D eigenvalue weighted by molar-refractivity contribution is 7.18. The molecule has 0 N–H and O–H groups in total. The molecule has 0 saturated heterocycles. The molecule has 0 spiro atoms. The standard InChI is InChI=1S/C24H28N2O3S/c1-14(2)9-11-29-19-7-6-17(13-20(19)28-5)12-18-8-10-26-22(18)25-23-21(24(26)27)15(3)16(4)30-23/h6-7,12-14H,8-11H2,1-5H3/b18-12+. The van der Waals surface area contributed by atoms with E-state index >= 15 is 0 Å². The third kappa shape index (κ3) is 3.76. The molecule has 6 heteroatoms. The summed E-state index contributed by atoms with van der Waals surface area (Å²) in [5, 5.41) is 0.770. The van der Waals surface area contributed by atoms with Gasteiger partial charge in [-0.2, -0.15) is 0 Å². The van der Waals surface area contributed by atoms with Crippen LogP contribution in [0, 0.1) is 19.8 Å². The molecule has 1 aliphatic rings. The molecular weight excluding hydrogens is 396 g/mol. The van der Waals surface area contributed by atoms with Crippen LogP contribution in [0.15, 0.2) is 23.0 Å². The molecule has 1 aliphatic heterocycles. The number of benzene rings is 1. The molecular formula is C24H28N2O3S. The van der Waals surface area contributed by atoms with Gasteiger partial charge in [0.15, 0.2) is 11.5 Å². The summed E-state index contributed by atoms with van der Waals surface area (Å²) in [4.78, 5) is 19.9. The molecule has 1 aromatic carbocycles. The number of nitrogens with zero attached hydrogens (tertiary/aromatic N) is 2. The van der Waals surface area contributed by atoms with Crippen LogP contribution in [0.4, 0.5) is 0 Å². The molecule has 0 radical (unpaired) electrons. The molecule has 0 atom stereocenters. The zero-order valence-electron chi connectivity index (χ0n) is 18.2. The monoisotopic (exact) mass is 424 g/mol. The quantitative estimate of drug-likeness (QED) is 0.528. The second-order valence-electron chi connectivity index (χ2n) is 8.22. The number of aromatic nitrogens is 2. The predicted molar refractivity (Wildman–Crippen MR) is 124 cm³/mol. The molecule has 3 heterocycles. The van der Waals surface area contributed by atoms with Crippen LogP contribution in [0.3, 0.4) is 0 Å². The van der Waals surface area contributed by atoms with E-state index in [1.807, 2.05) is 36.6 Å². The zero-order valence-corrected chi connectivity index (χ0v) is 19.1. The molecule has 0 fully saturated rings. The smallest absolute Gasteiger partial charge is 0.262 e. The Labute approximate surface area is 181 Å². The van der Waals surface area contributed by atoms with Gasteiger partial charge in [-0.3, -0.25) is 9.36 Å². The summed E-state index contributed by atoms with van der Waals surface area (Å²) < 4.78 is 13.3. The van der Waals surface area contributed by atoms with Crippen LogP contribution in [0.2, 0.25) is 0 Å². The fraction of sp³-hybridized carbons (Fsp3) is 0.417. The summed E-state index contributed by atoms with van der Waals surface area (Å²) in [6, 6.07) is 5.96. The third-order valence-corrected chi connectivity index (χ3v) is 6.76. The molecule has 30 heavy (non-hydrogen) atoms. The number of hydrogen-bond acceptors (Lipinski definition) is 5. The summed E-state index contributed by atoms with van der Waals surface area (Å²) in [6.07, 6.45) is 3.90. The van der Waals surface area contributed by atoms with Crippen molar-refractivity contribution in [2.45, 2.75) is 47.1 Å². The fourth-order valence-corrected chi connectivity index (χ4v) is 4.78. The minimum absolute atomic E-state index is 0.0757. The Morgan fingerprint density at radius 1 is 1.27 bits per heavy atom. The molecule has 3 aromatic rings. The average molecular weight is 425 g/mol. The Kier molecular flexibility index (Phi) is 5.69. The van der Waals surface area contributed by atoms with Crippen LogP contribution in [0.25, 0.3) is 21.9 Å². The lowest BCUT2D eigenvalue weighted by atomic mass is 10.1. The molecule has 0 unspecified atom stereocenters. The lowest BCUT2D eigenvalue weighted by Gasteiger charge is -2.12. The van der Waals surface area contributed by atoms with Gasteiger partial charge in [-0.25, -0.2) is 4.98 Å². The first-order valence-corrected chi connectivity index (χ1v) is 11.2. The number of fused-ring (bicyclic) bond motifs is 2. The van der Waals surface area contributed by atoms with E-state index in [0.29, 0.717) is 19.1 Å². The van der Waals surface area contributed by atoms with Crippen LogP contribution >= 0.6 is 11.3 Å². The van der Waals surface area contributed by atoms with Gasteiger partial charge in [0.1, 0.15) is 10.7 Å². The van der Waals surface area contributed by atoms with Gasteiger partial charge in [0, 0.05) is 11.4 Å². The number of thiophene rings is 1. The van der Waals surface area contributed by atoms with Gasteiger partial charge in [-0.1, -0.05) is 19.9 Å². The van der Waals surface area contributed by atoms with Gasteiger partial charge in [-0.05, 0) is 67.5 Å². The number of hydrogen-bond donors (Lipinski definition) is 0. The van der Waals surface area contributed by atoms with E-state index in [0.717, 1.165) is 62.0 Å². The Morgan fingerprint density at radius 3 is 2.80 bits per heavy atom. The van der Waals surface area contributed by atoms with Crippen molar-refractivity contribution in [3.63, 3.8) is 0 Å². The molecule has 158 valence electrons. The lowest BCUT2D eigenvalue weighted by molar-refractivity contribution is 0.273. The second kappa shape index (κ2) is 8.26. The number of aryl methyl sites for hydroxylation is 2. The van der Waals surface area contributed by atoms with Gasteiger partial charge in [0.05, 0.1) is 19.1 Å². The van der Waals surface area contributed by atoms with E-state index in [4.69, 9.17) is 14.5 Å². The maximum atomic E-state index is 13.0. The van der Waals surface area contributed by atoms with Crippen molar-refractivity contribution in [3.8, 4) is 11.5 Å². The van der Waals surface area contributed by atoms with Crippen molar-refractivity contribution in [2.75, 3.05) is 13.7 Å². The maximum absolute atomic E-state index is 13.0. The number of allylic oxidation sites excluding steroid dienone is 1. The predicted octanol–water partition coefficient (Wildman–Crippen LogP) is 5.45. The van der Waals surface area contributed by atoms with E-state index in [1.165, 1.54) is 0 Å². The van der Waals surface area contributed by atoms with E-state index < -0.39 is 0 Å². The Balaban J connectivity index is 1.67. The summed E-state index contributed by atoms with van der Waals surface area (Å²) >= 11 is 1.60. The number of methoxy groups -OCH3 is 1. The molecule has 0 aliphatic carbocycles. The summed E-state index contributed by atoms with van der Waals surface area (Å²) in [6.45, 7) is 9.76. The third-order valence-electron chi connectivity index (χ3n) is 5.66. The van der Waals surface area contributed by atoms with Crippen molar-refractivity contribution in [1.82, 2.24) is 9.55 Å². The maximum Gasteiger partial charge on any atom is 0.262 e. The first kappa shape index (κ1) is 20.7. The first-order valence-electron chi connectivity index (χ1n) is 10.4. The van der Waals surface area contributed by atoms with Crippen molar-refractivity contribution in [3.05, 3.63) is 50.4 Å². The van der Waals surface area contributed by atoms with E-state index in [1.54, 1.807) is 18.4 Å². The molecule has 0 saturated carbocycles. The summed E-state index contributed by atoms with van der Waals surface area (Å²) in [7, 11) is 1.66. The summed E-state index contributed by atoms with van der Waals surface area (Å²) in [5.74, 6) is 2.86. The highest BCUT2D eigenvalue weighted by Crippen LogP contribution is 2.34. The Bertz CT molecular complexity index is 1190. The Hall–Kier alpha value is -2.60. The van der Waals surface area contributed by atoms with Gasteiger partial charge >= 0.3 is 0 Å². The van der Waals surface area contributed by atoms with Crippen molar-refractivity contribution in [2.24, 2.45) is 5.92 Å². The van der Waals surface area contributed by atoms with Crippen LogP contribution in [0.1, 0.15) is 48.5 Å². The van der Waals surface area contributed by atoms with Gasteiger partial charge in [0.25, 0.3) is 5.56 Å². The van der Waals surface area contributed by atoms with E-state index in [2.05, 4.69) is 19.9 Å². The number of ether oxygens (including phenoxy) is 2. The summed E-state index contributed by atoms with van der Waals surface area (Å²) in [5.41, 5.74) is 3.22. The largest absolute Gasteiger partial charge is 0.493 e. The van der Waals surface area contributed by atoms with Crippen molar-refractivity contribution < 1.29 is 9.47 Å². The van der Waals surface area contributed by atoms with E-state index in [-0.39, 0.29) is 5.56 Å². The molecule has 0 amide bonds.